The van der Waals surface area contributed by atoms with Crippen molar-refractivity contribution in [2.75, 3.05) is 23.3 Å². The quantitative estimate of drug-likeness (QED) is 0.781. The number of hydrogen-bond acceptors (Lipinski definition) is 5. The van der Waals surface area contributed by atoms with Crippen molar-refractivity contribution in [1.82, 2.24) is 15.0 Å². The number of anilines is 2. The number of fused-ring (bicyclic) bond motifs is 1. The van der Waals surface area contributed by atoms with Crippen LogP contribution in [0.1, 0.15) is 18.4 Å². The second-order valence-electron chi connectivity index (χ2n) is 5.90. The highest BCUT2D eigenvalue weighted by atomic mass is 35.5. The normalized spacial score (nSPS) is 14.3. The first-order valence-electron chi connectivity index (χ1n) is 8.15. The maximum absolute atomic E-state index is 6.18. The Morgan fingerprint density at radius 1 is 1.08 bits per heavy atom. The summed E-state index contributed by atoms with van der Waals surface area (Å²) >= 11 is 6.18. The fourth-order valence-corrected chi connectivity index (χ4v) is 3.23. The van der Waals surface area contributed by atoms with Gasteiger partial charge >= 0.3 is 0 Å². The molecule has 0 radical (unpaired) electrons. The molecule has 3 heterocycles. The van der Waals surface area contributed by atoms with Crippen LogP contribution >= 0.6 is 11.6 Å². The molecule has 0 unspecified atom stereocenters. The predicted octanol–water partition coefficient (Wildman–Crippen LogP) is 3.89. The minimum absolute atomic E-state index is 0.593. The number of nitrogens with one attached hydrogen (secondary N) is 1. The van der Waals surface area contributed by atoms with Crippen molar-refractivity contribution in [2.24, 2.45) is 0 Å². The topological polar surface area (TPSA) is 53.9 Å². The maximum Gasteiger partial charge on any atom is 0.223 e. The second kappa shape index (κ2) is 6.61. The van der Waals surface area contributed by atoms with Crippen molar-refractivity contribution < 1.29 is 0 Å². The standard InChI is InChI=1S/C18H18ClN5/c19-15-6-2-1-5-13(15)11-21-18-22-12-14-16(23-18)7-8-20-17(14)24-9-3-4-10-24/h1-2,5-8,12H,3-4,9-11H2,(H,21,22,23). The number of nitrogens with zero attached hydrogens (tertiary/aromatic N) is 4. The fraction of sp³-hybridized carbons (Fsp3) is 0.278. The molecule has 122 valence electrons. The Balaban J connectivity index is 1.58. The van der Waals surface area contributed by atoms with Crippen LogP contribution in [0.15, 0.2) is 42.7 Å². The molecular formula is C18H18ClN5. The Bertz CT molecular complexity index is 861. The van der Waals surface area contributed by atoms with Crippen LogP contribution in [-0.4, -0.2) is 28.0 Å². The van der Waals surface area contributed by atoms with Crippen LogP contribution < -0.4 is 10.2 Å². The van der Waals surface area contributed by atoms with Gasteiger partial charge in [0.15, 0.2) is 0 Å². The summed E-state index contributed by atoms with van der Waals surface area (Å²) in [4.78, 5) is 15.9. The zero-order valence-electron chi connectivity index (χ0n) is 13.2. The summed E-state index contributed by atoms with van der Waals surface area (Å²) in [5, 5.41) is 4.99. The lowest BCUT2D eigenvalue weighted by molar-refractivity contribution is 0.943. The van der Waals surface area contributed by atoms with E-state index in [1.165, 1.54) is 12.8 Å². The van der Waals surface area contributed by atoms with Gasteiger partial charge in [-0.2, -0.15) is 0 Å². The van der Waals surface area contributed by atoms with Gasteiger partial charge in [0.1, 0.15) is 5.82 Å². The van der Waals surface area contributed by atoms with Gasteiger partial charge in [-0.1, -0.05) is 29.8 Å². The molecule has 0 bridgehead atoms. The van der Waals surface area contributed by atoms with E-state index in [9.17, 15) is 0 Å². The molecule has 1 aliphatic rings. The molecule has 0 saturated carbocycles. The minimum atomic E-state index is 0.593. The molecule has 0 spiro atoms. The molecule has 0 amide bonds. The van der Waals surface area contributed by atoms with E-state index in [1.807, 2.05) is 42.7 Å². The van der Waals surface area contributed by atoms with Gasteiger partial charge in [0.05, 0.1) is 10.9 Å². The van der Waals surface area contributed by atoms with Crippen LogP contribution in [0.3, 0.4) is 0 Å². The van der Waals surface area contributed by atoms with Crippen molar-refractivity contribution in [1.29, 1.82) is 0 Å². The van der Waals surface area contributed by atoms with Crippen LogP contribution in [0.2, 0.25) is 5.02 Å². The predicted molar refractivity (Wildman–Crippen MR) is 97.6 cm³/mol. The van der Waals surface area contributed by atoms with Crippen LogP contribution in [0, 0.1) is 0 Å². The zero-order chi connectivity index (χ0) is 16.4. The van der Waals surface area contributed by atoms with E-state index in [1.54, 1.807) is 0 Å². The summed E-state index contributed by atoms with van der Waals surface area (Å²) in [7, 11) is 0. The summed E-state index contributed by atoms with van der Waals surface area (Å²) in [5.74, 6) is 1.59. The number of hydrogen-bond donors (Lipinski definition) is 1. The van der Waals surface area contributed by atoms with E-state index in [4.69, 9.17) is 11.6 Å². The highest BCUT2D eigenvalue weighted by Gasteiger charge is 2.16. The van der Waals surface area contributed by atoms with Gasteiger partial charge in [0.25, 0.3) is 0 Å². The Morgan fingerprint density at radius 2 is 1.92 bits per heavy atom. The summed E-state index contributed by atoms with van der Waals surface area (Å²) in [5.41, 5.74) is 1.93. The zero-order valence-corrected chi connectivity index (χ0v) is 14.0. The van der Waals surface area contributed by atoms with Gasteiger partial charge in [-0.15, -0.1) is 0 Å². The first-order chi connectivity index (χ1) is 11.8. The number of aromatic nitrogens is 3. The fourth-order valence-electron chi connectivity index (χ4n) is 3.02. The van der Waals surface area contributed by atoms with E-state index in [2.05, 4.69) is 25.2 Å². The van der Waals surface area contributed by atoms with Crippen LogP contribution in [0.25, 0.3) is 10.9 Å². The minimum Gasteiger partial charge on any atom is -0.356 e. The average Bonchev–Trinajstić information content (AvgIpc) is 3.15. The number of pyridine rings is 1. The average molecular weight is 340 g/mol. The van der Waals surface area contributed by atoms with Gasteiger partial charge in [0, 0.05) is 37.1 Å². The lowest BCUT2D eigenvalue weighted by Crippen LogP contribution is -2.19. The molecule has 5 nitrogen and oxygen atoms in total. The van der Waals surface area contributed by atoms with Crippen LogP contribution in [0.4, 0.5) is 11.8 Å². The van der Waals surface area contributed by atoms with E-state index in [0.717, 1.165) is 40.4 Å². The summed E-state index contributed by atoms with van der Waals surface area (Å²) in [6.45, 7) is 2.70. The summed E-state index contributed by atoms with van der Waals surface area (Å²) < 4.78 is 0. The second-order valence-corrected chi connectivity index (χ2v) is 6.31. The van der Waals surface area contributed by atoms with Crippen LogP contribution in [-0.2, 0) is 6.54 Å². The molecule has 0 aliphatic carbocycles. The first-order valence-corrected chi connectivity index (χ1v) is 8.53. The molecule has 4 rings (SSSR count). The molecule has 1 aliphatic heterocycles. The summed E-state index contributed by atoms with van der Waals surface area (Å²) in [6.07, 6.45) is 6.12. The third-order valence-corrected chi connectivity index (χ3v) is 4.66. The molecule has 1 aromatic carbocycles. The number of rotatable bonds is 4. The van der Waals surface area contributed by atoms with E-state index < -0.39 is 0 Å². The molecule has 3 aromatic rings. The van der Waals surface area contributed by atoms with Gasteiger partial charge in [-0.25, -0.2) is 15.0 Å². The SMILES string of the molecule is Clc1ccccc1CNc1ncc2c(N3CCCC3)nccc2n1. The Morgan fingerprint density at radius 3 is 2.75 bits per heavy atom. The molecule has 24 heavy (non-hydrogen) atoms. The van der Waals surface area contributed by atoms with E-state index >= 15 is 0 Å². The van der Waals surface area contributed by atoms with Crippen molar-refractivity contribution >= 4 is 34.3 Å². The van der Waals surface area contributed by atoms with Gasteiger partial charge in [-0.05, 0) is 30.5 Å². The van der Waals surface area contributed by atoms with Crippen molar-refractivity contribution in [3.05, 3.63) is 53.3 Å². The molecule has 1 fully saturated rings. The van der Waals surface area contributed by atoms with Gasteiger partial charge in [0.2, 0.25) is 5.95 Å². The maximum atomic E-state index is 6.18. The van der Waals surface area contributed by atoms with Crippen LogP contribution in [0.5, 0.6) is 0 Å². The van der Waals surface area contributed by atoms with Gasteiger partial charge < -0.3 is 10.2 Å². The van der Waals surface area contributed by atoms with Crippen molar-refractivity contribution in [3.63, 3.8) is 0 Å². The molecule has 6 heteroatoms. The van der Waals surface area contributed by atoms with Gasteiger partial charge in [-0.3, -0.25) is 0 Å². The molecule has 1 saturated heterocycles. The molecule has 0 atom stereocenters. The Kier molecular flexibility index (Phi) is 4.17. The van der Waals surface area contributed by atoms with E-state index in [0.29, 0.717) is 12.5 Å². The highest BCUT2D eigenvalue weighted by Crippen LogP contribution is 2.26. The number of benzene rings is 1. The monoisotopic (exact) mass is 339 g/mol. The first kappa shape index (κ1) is 15.1. The largest absolute Gasteiger partial charge is 0.356 e. The summed E-state index contributed by atoms with van der Waals surface area (Å²) in [6, 6.07) is 9.69. The van der Waals surface area contributed by atoms with E-state index in [-0.39, 0.29) is 0 Å². The van der Waals surface area contributed by atoms with Crippen molar-refractivity contribution in [2.45, 2.75) is 19.4 Å². The Labute approximate surface area is 145 Å². The number of halogens is 1. The molecular weight excluding hydrogens is 322 g/mol. The lowest BCUT2D eigenvalue weighted by Gasteiger charge is -2.18. The Hall–Kier alpha value is -2.40. The smallest absolute Gasteiger partial charge is 0.223 e. The van der Waals surface area contributed by atoms with Crippen molar-refractivity contribution in [3.8, 4) is 0 Å². The third kappa shape index (κ3) is 2.99. The third-order valence-electron chi connectivity index (χ3n) is 4.29. The highest BCUT2D eigenvalue weighted by molar-refractivity contribution is 6.31. The lowest BCUT2D eigenvalue weighted by atomic mass is 10.2. The molecule has 1 N–H and O–H groups in total. The molecule has 2 aromatic heterocycles.